The number of hydrogen-bond acceptors (Lipinski definition) is 3. The third-order valence-electron chi connectivity index (χ3n) is 4.89. The Morgan fingerprint density at radius 2 is 2.09 bits per heavy atom. The molecule has 0 saturated heterocycles. The van der Waals surface area contributed by atoms with Gasteiger partial charge in [-0.15, -0.1) is 0 Å². The number of hydrogen-bond donors (Lipinski definition) is 1. The third kappa shape index (κ3) is 3.24. The summed E-state index contributed by atoms with van der Waals surface area (Å²) in [5, 5.41) is 3.25. The van der Waals surface area contributed by atoms with Gasteiger partial charge in [-0.05, 0) is 51.3 Å². The first-order chi connectivity index (χ1) is 10.4. The van der Waals surface area contributed by atoms with Crippen molar-refractivity contribution in [1.82, 2.24) is 5.32 Å². The Balaban J connectivity index is 2.50. The zero-order valence-corrected chi connectivity index (χ0v) is 15.1. The highest BCUT2D eigenvalue weighted by Crippen LogP contribution is 2.45. The fourth-order valence-electron chi connectivity index (χ4n) is 3.81. The van der Waals surface area contributed by atoms with E-state index in [4.69, 9.17) is 4.74 Å². The fourth-order valence-corrected chi connectivity index (χ4v) is 3.81. The summed E-state index contributed by atoms with van der Waals surface area (Å²) in [6.07, 6.45) is 3.67. The topological polar surface area (TPSA) is 24.5 Å². The summed E-state index contributed by atoms with van der Waals surface area (Å²) in [7, 11) is 3.76. The fraction of sp³-hybridized carbons (Fsp3) is 0.684. The number of fused-ring (bicyclic) bond motifs is 1. The Bertz CT molecular complexity index is 510. The molecule has 0 fully saturated rings. The van der Waals surface area contributed by atoms with Crippen LogP contribution < -0.4 is 15.0 Å². The van der Waals surface area contributed by atoms with Gasteiger partial charge in [0.2, 0.25) is 0 Å². The maximum atomic E-state index is 5.65. The smallest absolute Gasteiger partial charge is 0.125 e. The predicted molar refractivity (Wildman–Crippen MR) is 95.1 cm³/mol. The minimum absolute atomic E-state index is 0.205. The average molecular weight is 304 g/mol. The SMILES string of the molecule is CCCCN1c2cc(OC)c(CNC)cc2C(C)CC1(C)C. The molecule has 0 radical (unpaired) electrons. The molecule has 1 atom stereocenters. The molecule has 1 aliphatic heterocycles. The molecule has 3 heteroatoms. The molecule has 0 bridgehead atoms. The highest BCUT2D eigenvalue weighted by molar-refractivity contribution is 5.64. The standard InChI is InChI=1S/C19H32N2O/c1-7-8-9-21-17-11-18(22-6)15(13-20-5)10-16(17)14(2)12-19(21,3)4/h10-11,14,20H,7-9,12-13H2,1-6H3. The van der Waals surface area contributed by atoms with Crippen molar-refractivity contribution in [2.24, 2.45) is 0 Å². The van der Waals surface area contributed by atoms with Crippen molar-refractivity contribution >= 4 is 5.69 Å². The molecule has 124 valence electrons. The molecular formula is C19H32N2O. The molecule has 0 saturated carbocycles. The minimum atomic E-state index is 0.205. The summed E-state index contributed by atoms with van der Waals surface area (Å²) in [5.41, 5.74) is 4.30. The number of methoxy groups -OCH3 is 1. The monoisotopic (exact) mass is 304 g/mol. The van der Waals surface area contributed by atoms with Crippen LogP contribution in [0.25, 0.3) is 0 Å². The van der Waals surface area contributed by atoms with Crippen LogP contribution >= 0.6 is 0 Å². The van der Waals surface area contributed by atoms with Crippen molar-refractivity contribution in [3.63, 3.8) is 0 Å². The Morgan fingerprint density at radius 3 is 2.68 bits per heavy atom. The average Bonchev–Trinajstić information content (AvgIpc) is 2.46. The number of nitrogens with one attached hydrogen (secondary N) is 1. The van der Waals surface area contributed by atoms with Gasteiger partial charge >= 0.3 is 0 Å². The van der Waals surface area contributed by atoms with E-state index in [0.717, 1.165) is 18.8 Å². The Hall–Kier alpha value is -1.22. The zero-order valence-electron chi connectivity index (χ0n) is 15.1. The maximum Gasteiger partial charge on any atom is 0.125 e. The van der Waals surface area contributed by atoms with Crippen LogP contribution in [0.2, 0.25) is 0 Å². The van der Waals surface area contributed by atoms with E-state index in [0.29, 0.717) is 5.92 Å². The van der Waals surface area contributed by atoms with Gasteiger partial charge in [-0.1, -0.05) is 20.3 Å². The van der Waals surface area contributed by atoms with E-state index >= 15 is 0 Å². The van der Waals surface area contributed by atoms with Crippen LogP contribution in [-0.2, 0) is 6.54 Å². The quantitative estimate of drug-likeness (QED) is 0.847. The molecule has 2 rings (SSSR count). The molecular weight excluding hydrogens is 272 g/mol. The summed E-state index contributed by atoms with van der Waals surface area (Å²) in [6, 6.07) is 4.61. The highest BCUT2D eigenvalue weighted by Gasteiger charge is 2.36. The van der Waals surface area contributed by atoms with Crippen LogP contribution in [0.1, 0.15) is 64.0 Å². The number of anilines is 1. The second kappa shape index (κ2) is 6.91. The van der Waals surface area contributed by atoms with Crippen molar-refractivity contribution in [1.29, 1.82) is 0 Å². The van der Waals surface area contributed by atoms with E-state index in [2.05, 4.69) is 50.0 Å². The molecule has 0 aromatic heterocycles. The summed E-state index contributed by atoms with van der Waals surface area (Å²) in [5.74, 6) is 1.59. The molecule has 1 aromatic rings. The van der Waals surface area contributed by atoms with E-state index in [9.17, 15) is 0 Å². The van der Waals surface area contributed by atoms with Crippen LogP contribution in [0, 0.1) is 0 Å². The van der Waals surface area contributed by atoms with E-state index in [1.807, 2.05) is 7.05 Å². The second-order valence-electron chi connectivity index (χ2n) is 7.18. The van der Waals surface area contributed by atoms with Gasteiger partial charge in [0, 0.05) is 35.9 Å². The third-order valence-corrected chi connectivity index (χ3v) is 4.89. The molecule has 1 unspecified atom stereocenters. The molecule has 22 heavy (non-hydrogen) atoms. The van der Waals surface area contributed by atoms with Crippen molar-refractivity contribution in [3.8, 4) is 5.75 Å². The van der Waals surface area contributed by atoms with Crippen molar-refractivity contribution in [3.05, 3.63) is 23.3 Å². The molecule has 1 heterocycles. The van der Waals surface area contributed by atoms with Crippen molar-refractivity contribution in [2.45, 2.75) is 65.0 Å². The van der Waals surface area contributed by atoms with E-state index in [1.165, 1.54) is 36.1 Å². The van der Waals surface area contributed by atoms with Crippen molar-refractivity contribution < 1.29 is 4.74 Å². The number of unbranched alkanes of at least 4 members (excludes halogenated alkanes) is 1. The lowest BCUT2D eigenvalue weighted by Crippen LogP contribution is -2.48. The van der Waals surface area contributed by atoms with Gasteiger partial charge in [-0.25, -0.2) is 0 Å². The van der Waals surface area contributed by atoms with Gasteiger partial charge < -0.3 is 15.0 Å². The van der Waals surface area contributed by atoms with Crippen LogP contribution in [0.15, 0.2) is 12.1 Å². The van der Waals surface area contributed by atoms with Crippen LogP contribution in [0.3, 0.4) is 0 Å². The summed E-state index contributed by atoms with van der Waals surface area (Å²) >= 11 is 0. The predicted octanol–water partition coefficient (Wildman–Crippen LogP) is 4.31. The minimum Gasteiger partial charge on any atom is -0.496 e. The number of benzene rings is 1. The molecule has 1 aliphatic rings. The summed E-state index contributed by atoms with van der Waals surface area (Å²) in [4.78, 5) is 2.59. The normalized spacial score (nSPS) is 19.9. The lowest BCUT2D eigenvalue weighted by molar-refractivity contribution is 0.369. The summed E-state index contributed by atoms with van der Waals surface area (Å²) in [6.45, 7) is 11.3. The van der Waals surface area contributed by atoms with E-state index in [1.54, 1.807) is 7.11 Å². The summed E-state index contributed by atoms with van der Waals surface area (Å²) < 4.78 is 5.65. The Morgan fingerprint density at radius 1 is 1.36 bits per heavy atom. The van der Waals surface area contributed by atoms with Gasteiger partial charge in [-0.3, -0.25) is 0 Å². The lowest BCUT2D eigenvalue weighted by Gasteiger charge is -2.48. The molecule has 3 nitrogen and oxygen atoms in total. The molecule has 0 aliphatic carbocycles. The molecule has 0 spiro atoms. The number of nitrogens with zero attached hydrogens (tertiary/aromatic N) is 1. The second-order valence-corrected chi connectivity index (χ2v) is 7.18. The Labute approximate surface area is 136 Å². The lowest BCUT2D eigenvalue weighted by atomic mass is 9.79. The Kier molecular flexibility index (Phi) is 5.38. The van der Waals surface area contributed by atoms with Crippen molar-refractivity contribution in [2.75, 3.05) is 25.6 Å². The van der Waals surface area contributed by atoms with Gasteiger partial charge in [-0.2, -0.15) is 0 Å². The van der Waals surface area contributed by atoms with Crippen LogP contribution in [0.5, 0.6) is 5.75 Å². The highest BCUT2D eigenvalue weighted by atomic mass is 16.5. The van der Waals surface area contributed by atoms with Gasteiger partial charge in [0.25, 0.3) is 0 Å². The first-order valence-electron chi connectivity index (χ1n) is 8.57. The van der Waals surface area contributed by atoms with Crippen LogP contribution in [0.4, 0.5) is 5.69 Å². The van der Waals surface area contributed by atoms with E-state index in [-0.39, 0.29) is 5.54 Å². The molecule has 1 N–H and O–H groups in total. The van der Waals surface area contributed by atoms with Gasteiger partial charge in [0.05, 0.1) is 7.11 Å². The van der Waals surface area contributed by atoms with E-state index < -0.39 is 0 Å². The first-order valence-corrected chi connectivity index (χ1v) is 8.57. The molecule has 0 amide bonds. The number of rotatable bonds is 6. The van der Waals surface area contributed by atoms with Gasteiger partial charge in [0.1, 0.15) is 5.75 Å². The molecule has 1 aromatic carbocycles. The first kappa shape index (κ1) is 17.1. The zero-order chi connectivity index (χ0) is 16.3. The maximum absolute atomic E-state index is 5.65. The van der Waals surface area contributed by atoms with Crippen LogP contribution in [-0.4, -0.2) is 26.2 Å². The largest absolute Gasteiger partial charge is 0.496 e. The van der Waals surface area contributed by atoms with Gasteiger partial charge in [0.15, 0.2) is 0 Å². The number of ether oxygens (including phenoxy) is 1.